The molecule has 3 nitrogen and oxygen atoms in total. The lowest BCUT2D eigenvalue weighted by Crippen LogP contribution is -2.35. The summed E-state index contributed by atoms with van der Waals surface area (Å²) < 4.78 is 0. The Kier molecular flexibility index (Phi) is 8.61. The summed E-state index contributed by atoms with van der Waals surface area (Å²) in [6.45, 7) is 6.14. The van der Waals surface area contributed by atoms with E-state index in [2.05, 4.69) is 18.7 Å². The summed E-state index contributed by atoms with van der Waals surface area (Å²) in [6, 6.07) is 0.441. The first-order valence-corrected chi connectivity index (χ1v) is 6.66. The number of amides is 1. The number of hydrogen-bond donors (Lipinski definition) is 1. The highest BCUT2D eigenvalue weighted by molar-refractivity contribution is 5.85. The van der Waals surface area contributed by atoms with Crippen LogP contribution < -0.4 is 5.73 Å². The molecule has 0 radical (unpaired) electrons. The Labute approximate surface area is 112 Å². The molecule has 0 aliphatic carbocycles. The number of likely N-dealkylation sites (tertiary alicyclic amines) is 1. The van der Waals surface area contributed by atoms with E-state index in [0.29, 0.717) is 17.9 Å². The molecule has 102 valence electrons. The van der Waals surface area contributed by atoms with Crippen LogP contribution in [0.25, 0.3) is 0 Å². The van der Waals surface area contributed by atoms with Gasteiger partial charge in [0.25, 0.3) is 0 Å². The van der Waals surface area contributed by atoms with E-state index in [4.69, 9.17) is 5.73 Å². The Morgan fingerprint density at radius 3 is 2.41 bits per heavy atom. The van der Waals surface area contributed by atoms with Gasteiger partial charge >= 0.3 is 0 Å². The fraction of sp³-hybridized carbons (Fsp3) is 0.923. The predicted octanol–water partition coefficient (Wildman–Crippen LogP) is 2.57. The maximum absolute atomic E-state index is 11.9. The molecule has 2 N–H and O–H groups in total. The number of nitrogens with zero attached hydrogens (tertiary/aromatic N) is 1. The molecule has 1 rings (SSSR count). The highest BCUT2D eigenvalue weighted by Gasteiger charge is 2.30. The normalized spacial score (nSPS) is 23.6. The number of nitrogens with two attached hydrogens (primary N) is 1. The number of carbonyl (C=O) groups is 1. The number of hydrogen-bond acceptors (Lipinski definition) is 2. The summed E-state index contributed by atoms with van der Waals surface area (Å²) in [5.74, 6) is 1.02. The summed E-state index contributed by atoms with van der Waals surface area (Å²) in [7, 11) is 0. The first kappa shape index (κ1) is 16.7. The van der Waals surface area contributed by atoms with Gasteiger partial charge in [-0.2, -0.15) is 0 Å². The van der Waals surface area contributed by atoms with Crippen LogP contribution in [0.15, 0.2) is 0 Å². The Balaban J connectivity index is 0.00000256. The van der Waals surface area contributed by atoms with Crippen molar-refractivity contribution in [2.75, 3.05) is 13.1 Å². The molecule has 2 unspecified atom stereocenters. The third kappa shape index (κ3) is 5.26. The third-order valence-corrected chi connectivity index (χ3v) is 3.81. The standard InChI is InChI=1S/C13H26N2O.ClH/c1-11-8-10-15(12(11)2)13(16)7-5-3-4-6-9-14;/h11-12H,3-10,14H2,1-2H3;1H. The van der Waals surface area contributed by atoms with Crippen LogP contribution in [0.5, 0.6) is 0 Å². The van der Waals surface area contributed by atoms with Gasteiger partial charge in [-0.25, -0.2) is 0 Å². The number of carbonyl (C=O) groups excluding carboxylic acids is 1. The van der Waals surface area contributed by atoms with Crippen molar-refractivity contribution in [1.82, 2.24) is 4.90 Å². The SMILES string of the molecule is CC1CCN(C(=O)CCCCCCN)C1C.Cl. The fourth-order valence-corrected chi connectivity index (χ4v) is 2.36. The van der Waals surface area contributed by atoms with Crippen molar-refractivity contribution in [3.05, 3.63) is 0 Å². The number of rotatable bonds is 6. The molecule has 0 saturated carbocycles. The van der Waals surface area contributed by atoms with Crippen molar-refractivity contribution in [1.29, 1.82) is 0 Å². The lowest BCUT2D eigenvalue weighted by molar-refractivity contribution is -0.132. The van der Waals surface area contributed by atoms with Crippen molar-refractivity contribution in [3.8, 4) is 0 Å². The van der Waals surface area contributed by atoms with Crippen LogP contribution in [0.4, 0.5) is 0 Å². The summed E-state index contributed by atoms with van der Waals surface area (Å²) >= 11 is 0. The van der Waals surface area contributed by atoms with Gasteiger partial charge in [-0.3, -0.25) is 4.79 Å². The van der Waals surface area contributed by atoms with Crippen LogP contribution in [0.3, 0.4) is 0 Å². The minimum atomic E-state index is 0. The zero-order valence-corrected chi connectivity index (χ0v) is 12.0. The van der Waals surface area contributed by atoms with E-state index in [1.165, 1.54) is 6.42 Å². The molecule has 1 heterocycles. The van der Waals surface area contributed by atoms with Gasteiger partial charge in [-0.05, 0) is 38.6 Å². The Morgan fingerprint density at radius 1 is 1.24 bits per heavy atom. The second-order valence-corrected chi connectivity index (χ2v) is 5.05. The summed E-state index contributed by atoms with van der Waals surface area (Å²) in [6.07, 6.45) is 6.31. The van der Waals surface area contributed by atoms with E-state index in [1.54, 1.807) is 0 Å². The lowest BCUT2D eigenvalue weighted by Gasteiger charge is -2.23. The van der Waals surface area contributed by atoms with Crippen molar-refractivity contribution in [2.45, 2.75) is 58.4 Å². The minimum Gasteiger partial charge on any atom is -0.340 e. The highest BCUT2D eigenvalue weighted by atomic mass is 35.5. The molecule has 0 spiro atoms. The van der Waals surface area contributed by atoms with Crippen molar-refractivity contribution >= 4 is 18.3 Å². The van der Waals surface area contributed by atoms with E-state index >= 15 is 0 Å². The largest absolute Gasteiger partial charge is 0.340 e. The van der Waals surface area contributed by atoms with Gasteiger partial charge < -0.3 is 10.6 Å². The molecule has 2 atom stereocenters. The van der Waals surface area contributed by atoms with Gasteiger partial charge in [0.05, 0.1) is 0 Å². The maximum Gasteiger partial charge on any atom is 0.222 e. The van der Waals surface area contributed by atoms with E-state index in [9.17, 15) is 4.79 Å². The molecule has 1 fully saturated rings. The van der Waals surface area contributed by atoms with Crippen LogP contribution >= 0.6 is 12.4 Å². The first-order chi connectivity index (χ1) is 7.66. The third-order valence-electron chi connectivity index (χ3n) is 3.81. The average Bonchev–Trinajstić information content (AvgIpc) is 2.59. The van der Waals surface area contributed by atoms with Gasteiger partial charge in [-0.1, -0.05) is 19.8 Å². The maximum atomic E-state index is 11.9. The number of halogens is 1. The predicted molar refractivity (Wildman–Crippen MR) is 74.3 cm³/mol. The monoisotopic (exact) mass is 262 g/mol. The molecular weight excluding hydrogens is 236 g/mol. The molecule has 1 aliphatic heterocycles. The van der Waals surface area contributed by atoms with Gasteiger partial charge in [0.15, 0.2) is 0 Å². The van der Waals surface area contributed by atoms with Crippen LogP contribution in [-0.2, 0) is 4.79 Å². The van der Waals surface area contributed by atoms with Crippen molar-refractivity contribution < 1.29 is 4.79 Å². The zero-order chi connectivity index (χ0) is 12.0. The summed E-state index contributed by atoms with van der Waals surface area (Å²) in [5, 5.41) is 0. The van der Waals surface area contributed by atoms with Gasteiger partial charge in [0.2, 0.25) is 5.91 Å². The topological polar surface area (TPSA) is 46.3 Å². The molecule has 0 aromatic heterocycles. The summed E-state index contributed by atoms with van der Waals surface area (Å²) in [4.78, 5) is 14.0. The lowest BCUT2D eigenvalue weighted by atomic mass is 10.0. The molecule has 0 bridgehead atoms. The number of unbranched alkanes of at least 4 members (excludes halogenated alkanes) is 3. The Morgan fingerprint density at radius 2 is 1.88 bits per heavy atom. The smallest absolute Gasteiger partial charge is 0.222 e. The first-order valence-electron chi connectivity index (χ1n) is 6.66. The molecule has 0 aromatic carbocycles. The van der Waals surface area contributed by atoms with Crippen LogP contribution in [0.2, 0.25) is 0 Å². The van der Waals surface area contributed by atoms with E-state index in [-0.39, 0.29) is 12.4 Å². The van der Waals surface area contributed by atoms with E-state index in [0.717, 1.165) is 45.2 Å². The van der Waals surface area contributed by atoms with Crippen LogP contribution in [-0.4, -0.2) is 29.9 Å². The summed E-state index contributed by atoms with van der Waals surface area (Å²) in [5.41, 5.74) is 5.43. The molecule has 1 saturated heterocycles. The Hall–Kier alpha value is -0.280. The molecule has 0 aromatic rings. The van der Waals surface area contributed by atoms with Gasteiger partial charge in [-0.15, -0.1) is 12.4 Å². The second kappa shape index (κ2) is 8.76. The van der Waals surface area contributed by atoms with Crippen molar-refractivity contribution in [3.63, 3.8) is 0 Å². The Bertz CT molecular complexity index is 223. The molecule has 1 amide bonds. The molecule has 4 heteroatoms. The van der Waals surface area contributed by atoms with Crippen LogP contribution in [0, 0.1) is 5.92 Å². The van der Waals surface area contributed by atoms with Crippen LogP contribution in [0.1, 0.15) is 52.4 Å². The van der Waals surface area contributed by atoms with Crippen molar-refractivity contribution in [2.24, 2.45) is 11.7 Å². The quantitative estimate of drug-likeness (QED) is 0.748. The fourth-order valence-electron chi connectivity index (χ4n) is 2.36. The molecule has 1 aliphatic rings. The second-order valence-electron chi connectivity index (χ2n) is 5.05. The average molecular weight is 263 g/mol. The van der Waals surface area contributed by atoms with Gasteiger partial charge in [0, 0.05) is 19.0 Å². The zero-order valence-electron chi connectivity index (χ0n) is 11.2. The van der Waals surface area contributed by atoms with E-state index < -0.39 is 0 Å². The van der Waals surface area contributed by atoms with Gasteiger partial charge in [0.1, 0.15) is 0 Å². The highest BCUT2D eigenvalue weighted by Crippen LogP contribution is 2.24. The molecule has 17 heavy (non-hydrogen) atoms. The molecular formula is C13H27ClN2O. The minimum absolute atomic E-state index is 0. The van der Waals surface area contributed by atoms with E-state index in [1.807, 2.05) is 0 Å².